The Bertz CT molecular complexity index is 892. The minimum absolute atomic E-state index is 0.000943. The van der Waals surface area contributed by atoms with E-state index >= 15 is 0 Å². The van der Waals surface area contributed by atoms with E-state index in [1.165, 1.54) is 5.56 Å². The molecule has 5 nitrogen and oxygen atoms in total. The molecule has 0 fully saturated rings. The van der Waals surface area contributed by atoms with Crippen molar-refractivity contribution in [2.24, 2.45) is 0 Å². The largest absolute Gasteiger partial charge is 0.304 e. The van der Waals surface area contributed by atoms with Gasteiger partial charge in [0, 0.05) is 17.4 Å². The number of nitrogens with zero attached hydrogens (tertiary/aromatic N) is 4. The topological polar surface area (TPSA) is 55.6 Å². The Kier molecular flexibility index (Phi) is 3.66. The highest BCUT2D eigenvalue weighted by molar-refractivity contribution is 7.99. The van der Waals surface area contributed by atoms with Crippen LogP contribution in [0, 0.1) is 6.92 Å². The summed E-state index contributed by atoms with van der Waals surface area (Å²) in [6, 6.07) is 8.29. The summed E-state index contributed by atoms with van der Waals surface area (Å²) < 4.78 is 1.97. The van der Waals surface area contributed by atoms with Crippen molar-refractivity contribution in [3.8, 4) is 0 Å². The fourth-order valence-corrected chi connectivity index (χ4v) is 4.09. The molecule has 1 aliphatic rings. The van der Waals surface area contributed by atoms with Gasteiger partial charge in [-0.15, -0.1) is 10.2 Å². The zero-order valence-electron chi connectivity index (χ0n) is 12.9. The number of nitrogens with one attached hydrogen (secondary N) is 1. The van der Waals surface area contributed by atoms with Gasteiger partial charge in [-0.3, -0.25) is 0 Å². The van der Waals surface area contributed by atoms with Crippen molar-refractivity contribution in [3.05, 3.63) is 46.4 Å². The SMILES string of the molecule is CCCc1nnc2n1NC(c1cc3cc(C)ccc3nc1Cl)S2. The van der Waals surface area contributed by atoms with E-state index in [4.69, 9.17) is 11.6 Å². The smallest absolute Gasteiger partial charge is 0.212 e. The molecule has 1 unspecified atom stereocenters. The summed E-state index contributed by atoms with van der Waals surface area (Å²) in [5.74, 6) is 0.957. The third-order valence-corrected chi connectivity index (χ3v) is 5.25. The minimum atomic E-state index is 0.000943. The van der Waals surface area contributed by atoms with Gasteiger partial charge in [0.15, 0.2) is 5.82 Å². The molecule has 1 aromatic carbocycles. The Labute approximate surface area is 143 Å². The Morgan fingerprint density at radius 3 is 3.00 bits per heavy atom. The number of halogens is 1. The van der Waals surface area contributed by atoms with Crippen LogP contribution in [0.3, 0.4) is 0 Å². The lowest BCUT2D eigenvalue weighted by molar-refractivity contribution is 0.714. The van der Waals surface area contributed by atoms with Gasteiger partial charge >= 0.3 is 0 Å². The second-order valence-corrected chi connectivity index (χ2v) is 7.11. The Hall–Kier alpha value is -1.79. The maximum atomic E-state index is 6.42. The van der Waals surface area contributed by atoms with E-state index in [1.54, 1.807) is 11.8 Å². The van der Waals surface area contributed by atoms with Gasteiger partial charge in [-0.2, -0.15) is 0 Å². The average molecular weight is 346 g/mol. The van der Waals surface area contributed by atoms with E-state index in [0.29, 0.717) is 5.15 Å². The quantitative estimate of drug-likeness (QED) is 0.724. The number of aromatic nitrogens is 4. The highest BCUT2D eigenvalue weighted by atomic mass is 35.5. The summed E-state index contributed by atoms with van der Waals surface area (Å²) >= 11 is 8.04. The zero-order chi connectivity index (χ0) is 16.0. The van der Waals surface area contributed by atoms with Crippen LogP contribution in [0.25, 0.3) is 10.9 Å². The fraction of sp³-hybridized carbons (Fsp3) is 0.312. The summed E-state index contributed by atoms with van der Waals surface area (Å²) in [6.07, 6.45) is 1.93. The van der Waals surface area contributed by atoms with Crippen molar-refractivity contribution in [2.45, 2.75) is 37.2 Å². The summed E-state index contributed by atoms with van der Waals surface area (Å²) in [5, 5.41) is 11.0. The van der Waals surface area contributed by atoms with Crippen LogP contribution in [0.5, 0.6) is 0 Å². The minimum Gasteiger partial charge on any atom is -0.304 e. The molecule has 7 heteroatoms. The molecule has 0 saturated carbocycles. The first-order valence-electron chi connectivity index (χ1n) is 7.60. The van der Waals surface area contributed by atoms with Gasteiger partial charge in [0.05, 0.1) is 5.52 Å². The summed E-state index contributed by atoms with van der Waals surface area (Å²) in [5.41, 5.74) is 6.53. The molecular weight excluding hydrogens is 330 g/mol. The number of fused-ring (bicyclic) bond motifs is 2. The molecule has 1 atom stereocenters. The van der Waals surface area contributed by atoms with Crippen molar-refractivity contribution in [1.29, 1.82) is 0 Å². The van der Waals surface area contributed by atoms with Crippen LogP contribution in [0.2, 0.25) is 5.15 Å². The number of pyridine rings is 1. The maximum Gasteiger partial charge on any atom is 0.212 e. The molecule has 0 saturated heterocycles. The van der Waals surface area contributed by atoms with E-state index in [0.717, 1.165) is 40.3 Å². The van der Waals surface area contributed by atoms with Crippen LogP contribution in [0.15, 0.2) is 29.4 Å². The van der Waals surface area contributed by atoms with Gasteiger partial charge in [-0.1, -0.05) is 41.9 Å². The van der Waals surface area contributed by atoms with Crippen molar-refractivity contribution >= 4 is 34.3 Å². The van der Waals surface area contributed by atoms with Gasteiger partial charge in [-0.25, -0.2) is 9.66 Å². The van der Waals surface area contributed by atoms with Gasteiger partial charge in [0.1, 0.15) is 10.5 Å². The van der Waals surface area contributed by atoms with Crippen molar-refractivity contribution in [3.63, 3.8) is 0 Å². The Morgan fingerprint density at radius 1 is 1.30 bits per heavy atom. The second kappa shape index (κ2) is 5.69. The number of benzene rings is 1. The van der Waals surface area contributed by atoms with E-state index in [9.17, 15) is 0 Å². The van der Waals surface area contributed by atoms with Crippen LogP contribution in [0.1, 0.15) is 35.7 Å². The first-order chi connectivity index (χ1) is 11.2. The molecule has 0 radical (unpaired) electrons. The standard InChI is InChI=1S/C16H16ClN5S/c1-3-4-13-19-20-16-22(13)21-15(23-16)11-8-10-7-9(2)5-6-12(10)18-14(11)17/h5-8,15,21H,3-4H2,1-2H3. The second-order valence-electron chi connectivity index (χ2n) is 5.68. The normalized spacial score (nSPS) is 16.6. The van der Waals surface area contributed by atoms with Crippen LogP contribution in [-0.2, 0) is 6.42 Å². The molecule has 118 valence electrons. The highest BCUT2D eigenvalue weighted by Gasteiger charge is 2.29. The highest BCUT2D eigenvalue weighted by Crippen LogP contribution is 2.41. The average Bonchev–Trinajstić information content (AvgIpc) is 3.09. The molecule has 1 N–H and O–H groups in total. The predicted octanol–water partition coefficient (Wildman–Crippen LogP) is 4.09. The van der Waals surface area contributed by atoms with E-state index < -0.39 is 0 Å². The van der Waals surface area contributed by atoms with Crippen LogP contribution in [0.4, 0.5) is 0 Å². The van der Waals surface area contributed by atoms with Gasteiger partial charge in [-0.05, 0) is 31.5 Å². The lowest BCUT2D eigenvalue weighted by Gasteiger charge is -2.14. The van der Waals surface area contributed by atoms with Crippen molar-refractivity contribution < 1.29 is 0 Å². The number of rotatable bonds is 3. The van der Waals surface area contributed by atoms with Crippen LogP contribution >= 0.6 is 23.4 Å². The molecule has 3 aromatic rings. The Morgan fingerprint density at radius 2 is 2.17 bits per heavy atom. The molecular formula is C16H16ClN5S. The molecule has 1 aliphatic heterocycles. The van der Waals surface area contributed by atoms with Gasteiger partial charge in [0.25, 0.3) is 0 Å². The maximum absolute atomic E-state index is 6.42. The predicted molar refractivity (Wildman–Crippen MR) is 93.5 cm³/mol. The molecule has 2 aromatic heterocycles. The summed E-state index contributed by atoms with van der Waals surface area (Å²) in [4.78, 5) is 4.53. The summed E-state index contributed by atoms with van der Waals surface area (Å²) in [6.45, 7) is 4.21. The summed E-state index contributed by atoms with van der Waals surface area (Å²) in [7, 11) is 0. The molecule has 0 amide bonds. The Balaban J connectivity index is 1.71. The van der Waals surface area contributed by atoms with Gasteiger partial charge in [0.2, 0.25) is 5.16 Å². The fourth-order valence-electron chi connectivity index (χ4n) is 2.75. The lowest BCUT2D eigenvalue weighted by atomic mass is 10.1. The third-order valence-electron chi connectivity index (χ3n) is 3.88. The molecule has 23 heavy (non-hydrogen) atoms. The lowest BCUT2D eigenvalue weighted by Crippen LogP contribution is -2.16. The van der Waals surface area contributed by atoms with E-state index in [1.807, 2.05) is 16.8 Å². The van der Waals surface area contributed by atoms with Crippen molar-refractivity contribution in [1.82, 2.24) is 19.9 Å². The van der Waals surface area contributed by atoms with Crippen molar-refractivity contribution in [2.75, 3.05) is 5.43 Å². The third kappa shape index (κ3) is 2.56. The van der Waals surface area contributed by atoms with E-state index in [2.05, 4.69) is 46.6 Å². The number of hydrogen-bond acceptors (Lipinski definition) is 5. The number of thioether (sulfide) groups is 1. The molecule has 0 bridgehead atoms. The monoisotopic (exact) mass is 345 g/mol. The molecule has 3 heterocycles. The van der Waals surface area contributed by atoms with Crippen LogP contribution in [-0.4, -0.2) is 19.9 Å². The van der Waals surface area contributed by atoms with Crippen LogP contribution < -0.4 is 5.43 Å². The molecule has 4 rings (SSSR count). The first-order valence-corrected chi connectivity index (χ1v) is 8.86. The number of aryl methyl sites for hydroxylation is 2. The zero-order valence-corrected chi connectivity index (χ0v) is 14.4. The molecule has 0 spiro atoms. The van der Waals surface area contributed by atoms with Gasteiger partial charge < -0.3 is 5.43 Å². The van der Waals surface area contributed by atoms with E-state index in [-0.39, 0.29) is 5.37 Å². The first kappa shape index (κ1) is 14.8. The number of hydrogen-bond donors (Lipinski definition) is 1. The molecule has 0 aliphatic carbocycles.